The lowest BCUT2D eigenvalue weighted by Crippen LogP contribution is -2.10. The van der Waals surface area contributed by atoms with Gasteiger partial charge in [0.25, 0.3) is 0 Å². The molecule has 5 heteroatoms. The zero-order chi connectivity index (χ0) is 9.97. The molecular weight excluding hydrogens is 198 g/mol. The molecule has 0 radical (unpaired) electrons. The summed E-state index contributed by atoms with van der Waals surface area (Å²) >= 11 is 1.53. The van der Waals surface area contributed by atoms with Gasteiger partial charge in [-0.3, -0.25) is 4.79 Å². The predicted molar refractivity (Wildman–Crippen MR) is 56.3 cm³/mol. The summed E-state index contributed by atoms with van der Waals surface area (Å²) in [6, 6.07) is 1.91. The third-order valence-electron chi connectivity index (χ3n) is 1.84. The normalized spacial score (nSPS) is 10.4. The van der Waals surface area contributed by atoms with E-state index < -0.39 is 0 Å². The zero-order valence-corrected chi connectivity index (χ0v) is 8.47. The third kappa shape index (κ3) is 1.58. The minimum atomic E-state index is -0.0313. The summed E-state index contributed by atoms with van der Waals surface area (Å²) in [6.45, 7) is 1.81. The molecule has 0 fully saturated rings. The molecule has 0 aliphatic carbocycles. The first-order valence-electron chi connectivity index (χ1n) is 4.29. The Hall–Kier alpha value is -1.49. The number of hydrogen-bond donors (Lipinski definition) is 1. The topological polar surface area (TPSA) is 54.9 Å². The molecule has 0 aromatic carbocycles. The van der Waals surface area contributed by atoms with Crippen LogP contribution in [0.4, 0.5) is 5.82 Å². The van der Waals surface area contributed by atoms with Crippen LogP contribution in [0.2, 0.25) is 0 Å². The van der Waals surface area contributed by atoms with E-state index >= 15 is 0 Å². The fraction of sp³-hybridized carbons (Fsp3) is 0.222. The molecule has 2 aromatic rings. The largest absolute Gasteiger partial charge is 0.310 e. The fourth-order valence-corrected chi connectivity index (χ4v) is 1.84. The lowest BCUT2D eigenvalue weighted by atomic mass is 10.3. The number of carbonyl (C=O) groups excluding carboxylic acids is 1. The molecule has 1 amide bonds. The highest BCUT2D eigenvalue weighted by Gasteiger charge is 2.06. The summed E-state index contributed by atoms with van der Waals surface area (Å²) < 4.78 is 0. The molecule has 0 saturated carbocycles. The number of nitrogens with one attached hydrogen (secondary N) is 1. The Morgan fingerprint density at radius 2 is 2.43 bits per heavy atom. The molecule has 4 nitrogen and oxygen atoms in total. The highest BCUT2D eigenvalue weighted by molar-refractivity contribution is 7.16. The fourth-order valence-electron chi connectivity index (χ4n) is 1.11. The van der Waals surface area contributed by atoms with Crippen molar-refractivity contribution in [3.63, 3.8) is 0 Å². The lowest BCUT2D eigenvalue weighted by molar-refractivity contribution is -0.115. The number of amides is 1. The van der Waals surface area contributed by atoms with Crippen LogP contribution >= 0.6 is 11.3 Å². The van der Waals surface area contributed by atoms with Crippen molar-refractivity contribution in [2.45, 2.75) is 13.3 Å². The smallest absolute Gasteiger partial charge is 0.225 e. The van der Waals surface area contributed by atoms with E-state index in [0.717, 1.165) is 10.2 Å². The molecule has 0 aliphatic rings. The van der Waals surface area contributed by atoms with Gasteiger partial charge in [0, 0.05) is 6.42 Å². The van der Waals surface area contributed by atoms with Crippen LogP contribution in [0.1, 0.15) is 13.3 Å². The number of fused-ring (bicyclic) bond motifs is 1. The van der Waals surface area contributed by atoms with E-state index in [1.165, 1.54) is 17.7 Å². The van der Waals surface area contributed by atoms with Gasteiger partial charge < -0.3 is 5.32 Å². The van der Waals surface area contributed by atoms with Gasteiger partial charge in [-0.1, -0.05) is 6.92 Å². The van der Waals surface area contributed by atoms with E-state index in [4.69, 9.17) is 0 Å². The Bertz CT molecular complexity index is 466. The minimum Gasteiger partial charge on any atom is -0.310 e. The van der Waals surface area contributed by atoms with Crippen molar-refractivity contribution >= 4 is 33.3 Å². The van der Waals surface area contributed by atoms with E-state index in [0.29, 0.717) is 12.2 Å². The summed E-state index contributed by atoms with van der Waals surface area (Å²) in [5.41, 5.74) is 0. The van der Waals surface area contributed by atoms with Gasteiger partial charge in [-0.15, -0.1) is 11.3 Å². The number of thiophene rings is 1. The second-order valence-electron chi connectivity index (χ2n) is 2.76. The van der Waals surface area contributed by atoms with E-state index in [9.17, 15) is 4.79 Å². The molecule has 2 heterocycles. The Labute approximate surface area is 85.0 Å². The van der Waals surface area contributed by atoms with Gasteiger partial charge in [-0.05, 0) is 11.4 Å². The van der Waals surface area contributed by atoms with Crippen molar-refractivity contribution in [3.05, 3.63) is 17.8 Å². The van der Waals surface area contributed by atoms with Gasteiger partial charge in [-0.25, -0.2) is 9.97 Å². The van der Waals surface area contributed by atoms with Crippen LogP contribution in [0.5, 0.6) is 0 Å². The molecule has 72 valence electrons. The number of anilines is 1. The molecule has 0 bridgehead atoms. The van der Waals surface area contributed by atoms with Crippen LogP contribution < -0.4 is 5.32 Å². The van der Waals surface area contributed by atoms with Gasteiger partial charge in [0.05, 0.1) is 5.39 Å². The molecule has 0 aliphatic heterocycles. The number of hydrogen-bond acceptors (Lipinski definition) is 4. The van der Waals surface area contributed by atoms with Gasteiger partial charge in [0.15, 0.2) is 0 Å². The van der Waals surface area contributed by atoms with Crippen molar-refractivity contribution in [3.8, 4) is 0 Å². The van der Waals surface area contributed by atoms with Crippen molar-refractivity contribution < 1.29 is 4.79 Å². The first kappa shape index (κ1) is 9.08. The summed E-state index contributed by atoms with van der Waals surface area (Å²) in [6.07, 6.45) is 1.92. The maximum Gasteiger partial charge on any atom is 0.225 e. The predicted octanol–water partition coefficient (Wildman–Crippen LogP) is 2.04. The van der Waals surface area contributed by atoms with E-state index in [2.05, 4.69) is 15.3 Å². The second kappa shape index (κ2) is 3.71. The van der Waals surface area contributed by atoms with Crippen LogP contribution in [0.25, 0.3) is 10.2 Å². The van der Waals surface area contributed by atoms with E-state index in [1.807, 2.05) is 11.4 Å². The zero-order valence-electron chi connectivity index (χ0n) is 7.65. The number of aromatic nitrogens is 2. The maximum absolute atomic E-state index is 11.2. The average Bonchev–Trinajstić information content (AvgIpc) is 2.66. The number of rotatable bonds is 2. The lowest BCUT2D eigenvalue weighted by Gasteiger charge is -2.02. The summed E-state index contributed by atoms with van der Waals surface area (Å²) in [5, 5.41) is 5.57. The SMILES string of the molecule is CCC(=O)Nc1ncnc2sccc12. The third-order valence-corrected chi connectivity index (χ3v) is 2.66. The monoisotopic (exact) mass is 207 g/mol. The van der Waals surface area contributed by atoms with Gasteiger partial charge in [-0.2, -0.15) is 0 Å². The van der Waals surface area contributed by atoms with Gasteiger partial charge in [0.2, 0.25) is 5.91 Å². The molecule has 0 saturated heterocycles. The quantitative estimate of drug-likeness (QED) is 0.819. The van der Waals surface area contributed by atoms with Crippen LogP contribution in [0.15, 0.2) is 17.8 Å². The first-order valence-corrected chi connectivity index (χ1v) is 5.17. The van der Waals surface area contributed by atoms with Crippen LogP contribution in [-0.2, 0) is 4.79 Å². The van der Waals surface area contributed by atoms with Crippen molar-refractivity contribution in [1.82, 2.24) is 9.97 Å². The summed E-state index contributed by atoms with van der Waals surface area (Å²) in [4.78, 5) is 20.2. The Balaban J connectivity index is 2.41. The number of carbonyl (C=O) groups is 1. The second-order valence-corrected chi connectivity index (χ2v) is 3.66. The van der Waals surface area contributed by atoms with Crippen molar-refractivity contribution in [2.75, 3.05) is 5.32 Å². The highest BCUT2D eigenvalue weighted by Crippen LogP contribution is 2.23. The molecule has 1 N–H and O–H groups in total. The average molecular weight is 207 g/mol. The van der Waals surface area contributed by atoms with Crippen LogP contribution in [-0.4, -0.2) is 15.9 Å². The van der Waals surface area contributed by atoms with E-state index in [-0.39, 0.29) is 5.91 Å². The standard InChI is InChI=1S/C9H9N3OS/c1-2-7(13)12-8-6-3-4-14-9(6)11-5-10-8/h3-5H,2H2,1H3,(H,10,11,12,13). The van der Waals surface area contributed by atoms with E-state index in [1.54, 1.807) is 6.92 Å². The Kier molecular flexibility index (Phi) is 2.41. The van der Waals surface area contributed by atoms with Gasteiger partial charge in [0.1, 0.15) is 17.0 Å². The van der Waals surface area contributed by atoms with Crippen molar-refractivity contribution in [1.29, 1.82) is 0 Å². The van der Waals surface area contributed by atoms with Gasteiger partial charge >= 0.3 is 0 Å². The molecule has 0 atom stereocenters. The first-order chi connectivity index (χ1) is 6.81. The molecule has 0 spiro atoms. The molecule has 2 aromatic heterocycles. The molecule has 14 heavy (non-hydrogen) atoms. The minimum absolute atomic E-state index is 0.0313. The molecular formula is C9H9N3OS. The maximum atomic E-state index is 11.2. The Morgan fingerprint density at radius 1 is 1.57 bits per heavy atom. The Morgan fingerprint density at radius 3 is 3.21 bits per heavy atom. The summed E-state index contributed by atoms with van der Waals surface area (Å²) in [7, 11) is 0. The van der Waals surface area contributed by atoms with Crippen LogP contribution in [0.3, 0.4) is 0 Å². The summed E-state index contributed by atoms with van der Waals surface area (Å²) in [5.74, 6) is 0.569. The van der Waals surface area contributed by atoms with Crippen molar-refractivity contribution in [2.24, 2.45) is 0 Å². The number of nitrogens with zero attached hydrogens (tertiary/aromatic N) is 2. The molecule has 0 unspecified atom stereocenters. The molecule has 2 rings (SSSR count). The highest BCUT2D eigenvalue weighted by atomic mass is 32.1. The van der Waals surface area contributed by atoms with Crippen LogP contribution in [0, 0.1) is 0 Å².